The van der Waals surface area contributed by atoms with Crippen LogP contribution >= 0.6 is 0 Å². The average Bonchev–Trinajstić information content (AvgIpc) is 2.87. The molecule has 0 aliphatic carbocycles. The maximum Gasteiger partial charge on any atom is 0.294 e. The highest BCUT2D eigenvalue weighted by Gasteiger charge is 2.23. The van der Waals surface area contributed by atoms with Crippen molar-refractivity contribution >= 4 is 28.5 Å². The highest BCUT2D eigenvalue weighted by atomic mass is 16.6. The van der Waals surface area contributed by atoms with Gasteiger partial charge >= 0.3 is 0 Å². The number of rotatable bonds is 3. The zero-order chi connectivity index (χ0) is 14.8. The lowest BCUT2D eigenvalue weighted by Gasteiger charge is -2.14. The summed E-state index contributed by atoms with van der Waals surface area (Å²) in [4.78, 5) is 23.6. The fourth-order valence-corrected chi connectivity index (χ4v) is 2.01. The second-order valence-electron chi connectivity index (χ2n) is 4.32. The minimum Gasteiger partial charge on any atom is -0.494 e. The Balaban J connectivity index is 1.99. The number of fused-ring (bicyclic) bond motifs is 1. The van der Waals surface area contributed by atoms with E-state index in [9.17, 15) is 9.59 Å². The number of nitrogens with two attached hydrogens (primary N) is 1. The zero-order valence-electron chi connectivity index (χ0n) is 10.9. The van der Waals surface area contributed by atoms with Crippen molar-refractivity contribution in [3.8, 4) is 0 Å². The Morgan fingerprint density at radius 2 is 2.00 bits per heavy atom. The van der Waals surface area contributed by atoms with Gasteiger partial charge in [0.15, 0.2) is 0 Å². The van der Waals surface area contributed by atoms with Crippen molar-refractivity contribution in [3.63, 3.8) is 0 Å². The lowest BCUT2D eigenvalue weighted by atomic mass is 10.2. The molecule has 0 saturated heterocycles. The zero-order valence-corrected chi connectivity index (χ0v) is 10.9. The van der Waals surface area contributed by atoms with Crippen molar-refractivity contribution in [1.29, 1.82) is 0 Å². The smallest absolute Gasteiger partial charge is 0.294 e. The van der Waals surface area contributed by atoms with Crippen molar-refractivity contribution in [3.05, 3.63) is 42.0 Å². The van der Waals surface area contributed by atoms with Crippen LogP contribution in [0, 0.1) is 0 Å². The molecular weight excluding hydrogens is 276 g/mol. The Labute approximate surface area is 119 Å². The van der Waals surface area contributed by atoms with Crippen LogP contribution in [0.25, 0.3) is 11.0 Å². The predicted octanol–water partition coefficient (Wildman–Crippen LogP) is 1.36. The molecular formula is C14H12N2O5. The molecule has 2 aromatic rings. The third kappa shape index (κ3) is 2.40. The maximum absolute atomic E-state index is 12.1. The van der Waals surface area contributed by atoms with E-state index in [1.54, 1.807) is 24.3 Å². The molecule has 2 amide bonds. The number of furan rings is 1. The number of amides is 2. The number of hydrogen-bond acceptors (Lipinski definition) is 5. The minimum absolute atomic E-state index is 0.0296. The van der Waals surface area contributed by atoms with E-state index in [-0.39, 0.29) is 23.8 Å². The standard InChI is InChI=1S/C14H12N2O5/c15-13(17)12-11(8-3-1-2-4-9(8)21-12)16-14(18)10-7-19-5-6-20-10/h1-4,7H,5-6H2,(H2,15,17)(H,16,18). The summed E-state index contributed by atoms with van der Waals surface area (Å²) < 4.78 is 15.6. The molecule has 1 aliphatic heterocycles. The number of hydrogen-bond donors (Lipinski definition) is 2. The molecule has 2 heterocycles. The van der Waals surface area contributed by atoms with Gasteiger partial charge in [-0.15, -0.1) is 0 Å². The predicted molar refractivity (Wildman–Crippen MR) is 73.3 cm³/mol. The number of carbonyl (C=O) groups is 2. The highest BCUT2D eigenvalue weighted by molar-refractivity contribution is 6.13. The Kier molecular flexibility index (Phi) is 3.23. The van der Waals surface area contributed by atoms with Gasteiger partial charge in [0.2, 0.25) is 11.5 Å². The van der Waals surface area contributed by atoms with Gasteiger partial charge in [0, 0.05) is 5.39 Å². The Morgan fingerprint density at radius 1 is 1.19 bits per heavy atom. The van der Waals surface area contributed by atoms with Gasteiger partial charge in [0.05, 0.1) is 0 Å². The van der Waals surface area contributed by atoms with Crippen LogP contribution in [0.3, 0.4) is 0 Å². The van der Waals surface area contributed by atoms with Crippen molar-refractivity contribution in [2.75, 3.05) is 18.5 Å². The number of para-hydroxylation sites is 1. The van der Waals surface area contributed by atoms with E-state index >= 15 is 0 Å². The van der Waals surface area contributed by atoms with Crippen molar-refractivity contribution in [2.24, 2.45) is 5.73 Å². The van der Waals surface area contributed by atoms with Gasteiger partial charge in [-0.3, -0.25) is 9.59 Å². The van der Waals surface area contributed by atoms with Crippen LogP contribution in [0.15, 0.2) is 40.7 Å². The van der Waals surface area contributed by atoms with Gasteiger partial charge in [-0.25, -0.2) is 0 Å². The molecule has 0 unspecified atom stereocenters. The van der Waals surface area contributed by atoms with E-state index in [1.807, 2.05) is 0 Å². The first-order chi connectivity index (χ1) is 10.2. The molecule has 0 fully saturated rings. The summed E-state index contributed by atoms with van der Waals surface area (Å²) in [5.74, 6) is -1.39. The van der Waals surface area contributed by atoms with Crippen molar-refractivity contribution in [2.45, 2.75) is 0 Å². The van der Waals surface area contributed by atoms with Crippen LogP contribution in [-0.4, -0.2) is 25.0 Å². The van der Waals surface area contributed by atoms with E-state index < -0.39 is 11.8 Å². The van der Waals surface area contributed by atoms with Crippen molar-refractivity contribution in [1.82, 2.24) is 0 Å². The van der Waals surface area contributed by atoms with Crippen LogP contribution < -0.4 is 11.1 Å². The van der Waals surface area contributed by atoms with Crippen LogP contribution in [0.2, 0.25) is 0 Å². The molecule has 7 heteroatoms. The first-order valence-electron chi connectivity index (χ1n) is 6.24. The maximum atomic E-state index is 12.1. The summed E-state index contributed by atoms with van der Waals surface area (Å²) >= 11 is 0. The van der Waals surface area contributed by atoms with Gasteiger partial charge in [0.1, 0.15) is 30.7 Å². The molecule has 3 rings (SSSR count). The highest BCUT2D eigenvalue weighted by Crippen LogP contribution is 2.31. The lowest BCUT2D eigenvalue weighted by Crippen LogP contribution is -2.22. The molecule has 21 heavy (non-hydrogen) atoms. The van der Waals surface area contributed by atoms with Crippen LogP contribution in [-0.2, 0) is 14.3 Å². The summed E-state index contributed by atoms with van der Waals surface area (Å²) in [6.45, 7) is 0.673. The topological polar surface area (TPSA) is 104 Å². The average molecular weight is 288 g/mol. The Morgan fingerprint density at radius 3 is 2.71 bits per heavy atom. The van der Waals surface area contributed by atoms with Gasteiger partial charge in [0.25, 0.3) is 11.8 Å². The molecule has 0 radical (unpaired) electrons. The number of carbonyl (C=O) groups excluding carboxylic acids is 2. The fraction of sp³-hybridized carbons (Fsp3) is 0.143. The number of ether oxygens (including phenoxy) is 2. The van der Waals surface area contributed by atoms with Gasteiger partial charge < -0.3 is 24.9 Å². The van der Waals surface area contributed by atoms with Crippen LogP contribution in [0.4, 0.5) is 5.69 Å². The third-order valence-electron chi connectivity index (χ3n) is 2.93. The Bertz CT molecular complexity index is 747. The SMILES string of the molecule is NC(=O)c1oc2ccccc2c1NC(=O)C1=COCCO1. The molecule has 7 nitrogen and oxygen atoms in total. The van der Waals surface area contributed by atoms with E-state index in [4.69, 9.17) is 19.6 Å². The van der Waals surface area contributed by atoms with Crippen molar-refractivity contribution < 1.29 is 23.5 Å². The van der Waals surface area contributed by atoms with Gasteiger partial charge in [-0.1, -0.05) is 12.1 Å². The normalized spacial score (nSPS) is 14.0. The number of anilines is 1. The Hall–Kier alpha value is -2.96. The van der Waals surface area contributed by atoms with E-state index in [1.165, 1.54) is 6.26 Å². The van der Waals surface area contributed by atoms with Gasteiger partial charge in [-0.05, 0) is 12.1 Å². The summed E-state index contributed by atoms with van der Waals surface area (Å²) in [5, 5.41) is 3.16. The fourth-order valence-electron chi connectivity index (χ4n) is 2.01. The molecule has 0 atom stereocenters. The second-order valence-corrected chi connectivity index (χ2v) is 4.32. The summed E-state index contributed by atoms with van der Waals surface area (Å²) in [5.41, 5.74) is 5.95. The van der Waals surface area contributed by atoms with E-state index in [0.717, 1.165) is 0 Å². The first kappa shape index (κ1) is 13.0. The van der Waals surface area contributed by atoms with Crippen LogP contribution in [0.1, 0.15) is 10.6 Å². The molecule has 1 aromatic heterocycles. The first-order valence-corrected chi connectivity index (χ1v) is 6.24. The number of benzene rings is 1. The van der Waals surface area contributed by atoms with Crippen LogP contribution in [0.5, 0.6) is 0 Å². The quantitative estimate of drug-likeness (QED) is 0.887. The molecule has 0 bridgehead atoms. The van der Waals surface area contributed by atoms with Gasteiger partial charge in [-0.2, -0.15) is 0 Å². The second kappa shape index (κ2) is 5.20. The van der Waals surface area contributed by atoms with E-state index in [2.05, 4.69) is 5.32 Å². The molecule has 0 spiro atoms. The van der Waals surface area contributed by atoms with E-state index in [0.29, 0.717) is 17.6 Å². The largest absolute Gasteiger partial charge is 0.494 e. The molecule has 1 aromatic carbocycles. The molecule has 1 aliphatic rings. The minimum atomic E-state index is -0.767. The number of nitrogens with one attached hydrogen (secondary N) is 1. The molecule has 0 saturated carbocycles. The molecule has 108 valence electrons. The number of primary amides is 1. The summed E-state index contributed by atoms with van der Waals surface area (Å²) in [6.07, 6.45) is 1.23. The monoisotopic (exact) mass is 288 g/mol. The summed E-state index contributed by atoms with van der Waals surface area (Å²) in [7, 11) is 0. The molecule has 3 N–H and O–H groups in total. The third-order valence-corrected chi connectivity index (χ3v) is 2.93. The lowest BCUT2D eigenvalue weighted by molar-refractivity contribution is -0.117. The summed E-state index contributed by atoms with van der Waals surface area (Å²) in [6, 6.07) is 6.91.